The van der Waals surface area contributed by atoms with Crippen LogP contribution in [-0.4, -0.2) is 26.5 Å². The molecule has 19 heavy (non-hydrogen) atoms. The summed E-state index contributed by atoms with van der Waals surface area (Å²) in [6.45, 7) is 0.855. The van der Waals surface area contributed by atoms with Crippen LogP contribution in [0.2, 0.25) is 0 Å². The predicted octanol–water partition coefficient (Wildman–Crippen LogP) is 1.22. The van der Waals surface area contributed by atoms with Gasteiger partial charge in [0, 0.05) is 12.1 Å². The lowest BCUT2D eigenvalue weighted by Crippen LogP contribution is -2.23. The van der Waals surface area contributed by atoms with Gasteiger partial charge in [-0.3, -0.25) is 0 Å². The van der Waals surface area contributed by atoms with Crippen molar-refractivity contribution in [3.05, 3.63) is 35.1 Å². The maximum absolute atomic E-state index is 13.7. The molecule has 0 bridgehead atoms. The van der Waals surface area contributed by atoms with Gasteiger partial charge in [-0.25, -0.2) is 12.8 Å². The Bertz CT molecular complexity index is 608. The third kappa shape index (κ3) is 3.52. The smallest absolute Gasteiger partial charge is 0.150 e. The molecule has 1 saturated heterocycles. The Kier molecular flexibility index (Phi) is 4.17. The molecule has 1 aliphatic rings. The SMILES string of the molecule is N#Cc1cccc(CNCC2CCS(=O)(=O)C2)c1F. The molecule has 1 unspecified atom stereocenters. The van der Waals surface area contributed by atoms with Crippen molar-refractivity contribution in [1.82, 2.24) is 5.32 Å². The van der Waals surface area contributed by atoms with Crippen LogP contribution in [0, 0.1) is 23.1 Å². The Labute approximate surface area is 112 Å². The van der Waals surface area contributed by atoms with Crippen molar-refractivity contribution in [3.8, 4) is 6.07 Å². The summed E-state index contributed by atoms with van der Waals surface area (Å²) in [6.07, 6.45) is 0.663. The minimum atomic E-state index is -2.87. The fourth-order valence-corrected chi connectivity index (χ4v) is 4.11. The number of hydrogen-bond acceptors (Lipinski definition) is 4. The van der Waals surface area contributed by atoms with Crippen molar-refractivity contribution in [1.29, 1.82) is 5.26 Å². The van der Waals surface area contributed by atoms with E-state index in [1.54, 1.807) is 18.2 Å². The summed E-state index contributed by atoms with van der Waals surface area (Å²) in [7, 11) is -2.87. The van der Waals surface area contributed by atoms with Crippen LogP contribution in [0.15, 0.2) is 18.2 Å². The van der Waals surface area contributed by atoms with E-state index < -0.39 is 15.7 Å². The molecule has 2 rings (SSSR count). The van der Waals surface area contributed by atoms with E-state index >= 15 is 0 Å². The number of nitrogens with one attached hydrogen (secondary N) is 1. The molecule has 0 saturated carbocycles. The van der Waals surface area contributed by atoms with Crippen molar-refractivity contribution in [2.75, 3.05) is 18.1 Å². The summed E-state index contributed by atoms with van der Waals surface area (Å²) in [5.41, 5.74) is 0.461. The first-order chi connectivity index (χ1) is 9.02. The van der Waals surface area contributed by atoms with Crippen LogP contribution in [0.25, 0.3) is 0 Å². The fraction of sp³-hybridized carbons (Fsp3) is 0.462. The molecule has 1 aromatic carbocycles. The molecule has 1 heterocycles. The zero-order valence-electron chi connectivity index (χ0n) is 10.4. The van der Waals surface area contributed by atoms with Crippen LogP contribution < -0.4 is 5.32 Å². The Balaban J connectivity index is 1.89. The summed E-state index contributed by atoms with van der Waals surface area (Å²) in [5, 5.41) is 11.8. The normalized spacial score (nSPS) is 21.2. The first kappa shape index (κ1) is 14.0. The van der Waals surface area contributed by atoms with E-state index in [-0.39, 0.29) is 23.0 Å². The summed E-state index contributed by atoms with van der Waals surface area (Å²) in [6, 6.07) is 6.49. The second-order valence-corrected chi connectivity index (χ2v) is 7.02. The molecule has 1 fully saturated rings. The van der Waals surface area contributed by atoms with Crippen LogP contribution >= 0.6 is 0 Å². The Morgan fingerprint density at radius 2 is 2.26 bits per heavy atom. The quantitative estimate of drug-likeness (QED) is 0.901. The van der Waals surface area contributed by atoms with Crippen LogP contribution in [0.1, 0.15) is 17.5 Å². The van der Waals surface area contributed by atoms with Gasteiger partial charge in [0.15, 0.2) is 9.84 Å². The standard InChI is InChI=1S/C13H15FN2O2S/c14-13-11(6-15)2-1-3-12(13)8-16-7-10-4-5-19(17,18)9-10/h1-3,10,16H,4-5,7-9H2. The maximum Gasteiger partial charge on any atom is 0.150 e. The van der Waals surface area contributed by atoms with Crippen molar-refractivity contribution < 1.29 is 12.8 Å². The zero-order valence-corrected chi connectivity index (χ0v) is 11.2. The minimum Gasteiger partial charge on any atom is -0.312 e. The Morgan fingerprint density at radius 1 is 1.47 bits per heavy atom. The first-order valence-corrected chi connectivity index (χ1v) is 7.92. The van der Waals surface area contributed by atoms with Crippen molar-refractivity contribution in [2.45, 2.75) is 13.0 Å². The van der Waals surface area contributed by atoms with Gasteiger partial charge < -0.3 is 5.32 Å². The molecule has 6 heteroatoms. The highest BCUT2D eigenvalue weighted by Crippen LogP contribution is 2.18. The number of nitrogens with zero attached hydrogens (tertiary/aromatic N) is 1. The minimum absolute atomic E-state index is 0.0303. The maximum atomic E-state index is 13.7. The average Bonchev–Trinajstić information content (AvgIpc) is 2.71. The lowest BCUT2D eigenvalue weighted by atomic mass is 10.1. The lowest BCUT2D eigenvalue weighted by molar-refractivity contribution is 0.510. The molecule has 1 aliphatic heterocycles. The van der Waals surface area contributed by atoms with Crippen LogP contribution in [0.4, 0.5) is 4.39 Å². The van der Waals surface area contributed by atoms with Crippen molar-refractivity contribution in [2.24, 2.45) is 5.92 Å². The Hall–Kier alpha value is -1.45. The molecule has 102 valence electrons. The number of sulfone groups is 1. The van der Waals surface area contributed by atoms with E-state index in [2.05, 4.69) is 5.32 Å². The average molecular weight is 282 g/mol. The molecule has 4 nitrogen and oxygen atoms in total. The topological polar surface area (TPSA) is 70.0 Å². The van der Waals surface area contributed by atoms with Crippen LogP contribution in [0.3, 0.4) is 0 Å². The lowest BCUT2D eigenvalue weighted by Gasteiger charge is -2.10. The molecule has 1 atom stereocenters. The zero-order chi connectivity index (χ0) is 13.9. The van der Waals surface area contributed by atoms with Gasteiger partial charge in [0.2, 0.25) is 0 Å². The van der Waals surface area contributed by atoms with Crippen molar-refractivity contribution >= 4 is 9.84 Å². The van der Waals surface area contributed by atoms with E-state index in [0.717, 1.165) is 0 Å². The molecule has 0 radical (unpaired) electrons. The van der Waals surface area contributed by atoms with Crippen LogP contribution in [0.5, 0.6) is 0 Å². The fourth-order valence-electron chi connectivity index (χ4n) is 2.25. The summed E-state index contributed by atoms with van der Waals surface area (Å²) >= 11 is 0. The highest BCUT2D eigenvalue weighted by Gasteiger charge is 2.27. The molecular weight excluding hydrogens is 267 g/mol. The monoisotopic (exact) mass is 282 g/mol. The van der Waals surface area contributed by atoms with E-state index in [9.17, 15) is 12.8 Å². The number of rotatable bonds is 4. The second kappa shape index (κ2) is 5.68. The predicted molar refractivity (Wildman–Crippen MR) is 69.6 cm³/mol. The molecule has 0 amide bonds. The molecule has 0 aromatic heterocycles. The molecule has 0 spiro atoms. The van der Waals surface area contributed by atoms with E-state index in [0.29, 0.717) is 25.1 Å². The Morgan fingerprint density at radius 3 is 2.89 bits per heavy atom. The van der Waals surface area contributed by atoms with Gasteiger partial charge in [-0.2, -0.15) is 5.26 Å². The summed E-state index contributed by atoms with van der Waals surface area (Å²) in [5.74, 6) is 0.0574. The third-order valence-electron chi connectivity index (χ3n) is 3.27. The van der Waals surface area contributed by atoms with Gasteiger partial charge in [0.05, 0.1) is 17.1 Å². The number of halogens is 1. The molecule has 1 N–H and O–H groups in total. The molecule has 1 aromatic rings. The van der Waals surface area contributed by atoms with Gasteiger partial charge in [-0.15, -0.1) is 0 Å². The van der Waals surface area contributed by atoms with Crippen molar-refractivity contribution in [3.63, 3.8) is 0 Å². The van der Waals surface area contributed by atoms with Gasteiger partial charge in [0.25, 0.3) is 0 Å². The van der Waals surface area contributed by atoms with E-state index in [4.69, 9.17) is 5.26 Å². The largest absolute Gasteiger partial charge is 0.312 e. The molecular formula is C13H15FN2O2S. The van der Waals surface area contributed by atoms with E-state index in [1.807, 2.05) is 0 Å². The van der Waals surface area contributed by atoms with Gasteiger partial charge in [-0.1, -0.05) is 12.1 Å². The second-order valence-electron chi connectivity index (χ2n) is 4.79. The highest BCUT2D eigenvalue weighted by atomic mass is 32.2. The first-order valence-electron chi connectivity index (χ1n) is 6.10. The van der Waals surface area contributed by atoms with Gasteiger partial charge >= 0.3 is 0 Å². The highest BCUT2D eigenvalue weighted by molar-refractivity contribution is 7.91. The number of benzene rings is 1. The van der Waals surface area contributed by atoms with Gasteiger partial charge in [-0.05, 0) is 24.9 Å². The van der Waals surface area contributed by atoms with Crippen LogP contribution in [-0.2, 0) is 16.4 Å². The number of hydrogen-bond donors (Lipinski definition) is 1. The van der Waals surface area contributed by atoms with Gasteiger partial charge in [0.1, 0.15) is 11.9 Å². The number of nitriles is 1. The third-order valence-corrected chi connectivity index (χ3v) is 5.11. The summed E-state index contributed by atoms with van der Waals surface area (Å²) in [4.78, 5) is 0. The summed E-state index contributed by atoms with van der Waals surface area (Å²) < 4.78 is 36.3. The molecule has 0 aliphatic carbocycles. The van der Waals surface area contributed by atoms with E-state index in [1.165, 1.54) is 6.07 Å².